The normalized spacial score (nSPS) is 18.8. The number of fused-ring (bicyclic) bond motifs is 4. The van der Waals surface area contributed by atoms with Gasteiger partial charge in [0.05, 0.1) is 52.9 Å². The lowest BCUT2D eigenvalue weighted by atomic mass is 10.0. The summed E-state index contributed by atoms with van der Waals surface area (Å²) in [4.78, 5) is 24.2. The summed E-state index contributed by atoms with van der Waals surface area (Å²) in [6, 6.07) is 16.1. The Labute approximate surface area is 247 Å². The Hall–Kier alpha value is -3.79. The summed E-state index contributed by atoms with van der Waals surface area (Å²) in [5, 5.41) is 9.98. The van der Waals surface area contributed by atoms with E-state index in [0.717, 1.165) is 71.8 Å². The number of carboxylic acid groups (broad SMARTS) is 1. The molecule has 0 amide bonds. The number of halogens is 2. The van der Waals surface area contributed by atoms with Gasteiger partial charge < -0.3 is 19.0 Å². The van der Waals surface area contributed by atoms with Crippen LogP contribution in [-0.2, 0) is 30.8 Å². The molecule has 3 aromatic carbocycles. The molecule has 7 rings (SSSR count). The summed E-state index contributed by atoms with van der Waals surface area (Å²) in [5.41, 5.74) is 5.38. The van der Waals surface area contributed by atoms with Crippen molar-refractivity contribution in [3.8, 4) is 0 Å². The van der Waals surface area contributed by atoms with E-state index in [9.17, 15) is 14.3 Å². The highest BCUT2D eigenvalue weighted by molar-refractivity contribution is 6.30. The quantitative estimate of drug-likeness (QED) is 0.232. The van der Waals surface area contributed by atoms with E-state index >= 15 is 0 Å². The molecule has 0 bridgehead atoms. The van der Waals surface area contributed by atoms with Crippen molar-refractivity contribution < 1.29 is 19.0 Å². The summed E-state index contributed by atoms with van der Waals surface area (Å²) >= 11 is 5.98. The minimum atomic E-state index is -0.953. The molecule has 216 valence electrons. The van der Waals surface area contributed by atoms with Crippen molar-refractivity contribution in [1.82, 2.24) is 24.0 Å². The van der Waals surface area contributed by atoms with Crippen LogP contribution >= 0.6 is 11.6 Å². The smallest absolute Gasteiger partial charge is 0.335 e. The van der Waals surface area contributed by atoms with Crippen molar-refractivity contribution in [2.75, 3.05) is 13.2 Å². The highest BCUT2D eigenvalue weighted by Gasteiger charge is 2.32. The Kier molecular flexibility index (Phi) is 6.96. The number of hydrogen-bond acceptors (Lipinski definition) is 5. The van der Waals surface area contributed by atoms with Gasteiger partial charge in [0, 0.05) is 31.1 Å². The zero-order chi connectivity index (χ0) is 29.0. The van der Waals surface area contributed by atoms with Crippen LogP contribution in [0.3, 0.4) is 0 Å². The Bertz CT molecular complexity index is 1830. The molecule has 8 nitrogen and oxygen atoms in total. The molecule has 1 saturated heterocycles. The summed E-state index contributed by atoms with van der Waals surface area (Å²) in [5.74, 6) is 0.628. The van der Waals surface area contributed by atoms with Gasteiger partial charge in [-0.2, -0.15) is 0 Å². The van der Waals surface area contributed by atoms with Crippen LogP contribution in [0.1, 0.15) is 58.9 Å². The molecule has 1 fully saturated rings. The largest absolute Gasteiger partial charge is 0.478 e. The van der Waals surface area contributed by atoms with Gasteiger partial charge in [-0.1, -0.05) is 36.7 Å². The van der Waals surface area contributed by atoms with E-state index in [1.54, 1.807) is 30.3 Å². The number of aromatic nitrogens is 4. The van der Waals surface area contributed by atoms with E-state index < -0.39 is 5.97 Å². The summed E-state index contributed by atoms with van der Waals surface area (Å²) in [6.07, 6.45) is 2.37. The molecule has 0 saturated carbocycles. The van der Waals surface area contributed by atoms with Gasteiger partial charge >= 0.3 is 5.97 Å². The fourth-order valence-electron chi connectivity index (χ4n) is 6.35. The van der Waals surface area contributed by atoms with E-state index in [1.165, 1.54) is 6.07 Å². The van der Waals surface area contributed by atoms with Gasteiger partial charge in [-0.3, -0.25) is 4.90 Å². The lowest BCUT2D eigenvalue weighted by Crippen LogP contribution is -2.39. The fourth-order valence-corrected chi connectivity index (χ4v) is 6.51. The Balaban J connectivity index is 1.23. The highest BCUT2D eigenvalue weighted by atomic mass is 35.5. The van der Waals surface area contributed by atoms with Crippen molar-refractivity contribution in [1.29, 1.82) is 0 Å². The molecule has 4 heterocycles. The maximum absolute atomic E-state index is 14.7. The first-order chi connectivity index (χ1) is 20.4. The average Bonchev–Trinajstić information content (AvgIpc) is 3.50. The molecule has 10 heteroatoms. The number of benzene rings is 3. The van der Waals surface area contributed by atoms with E-state index in [2.05, 4.69) is 27.0 Å². The van der Waals surface area contributed by atoms with Gasteiger partial charge in [0.25, 0.3) is 0 Å². The summed E-state index contributed by atoms with van der Waals surface area (Å²) in [6.45, 7) is 5.75. The number of ether oxygens (including phenoxy) is 1. The lowest BCUT2D eigenvalue weighted by molar-refractivity contribution is -0.0593. The topological polar surface area (TPSA) is 85.4 Å². The first-order valence-corrected chi connectivity index (χ1v) is 14.8. The Morgan fingerprint density at radius 2 is 1.95 bits per heavy atom. The molecular weight excluding hydrogens is 557 g/mol. The highest BCUT2D eigenvalue weighted by Crippen LogP contribution is 2.35. The van der Waals surface area contributed by atoms with Gasteiger partial charge in [-0.15, -0.1) is 0 Å². The number of carboxylic acids is 1. The number of aromatic carboxylic acids is 1. The van der Waals surface area contributed by atoms with Crippen LogP contribution in [0.2, 0.25) is 5.02 Å². The van der Waals surface area contributed by atoms with E-state index in [0.29, 0.717) is 30.1 Å². The van der Waals surface area contributed by atoms with Crippen molar-refractivity contribution in [2.24, 2.45) is 0 Å². The lowest BCUT2D eigenvalue weighted by Gasteiger charge is -2.35. The fraction of sp³-hybridized carbons (Fsp3) is 0.344. The van der Waals surface area contributed by atoms with Gasteiger partial charge in [0.2, 0.25) is 0 Å². The van der Waals surface area contributed by atoms with Crippen molar-refractivity contribution in [2.45, 2.75) is 58.0 Å². The standard InChI is InChI=1S/C32H31ClFN5O3/c1-2-26-31-36-30-20(14-19-6-8-22(33)16-24(19)34)4-3-5-27(30)38(31)12-11-37(26)18-29-35-25-9-7-21(32(40)41)15-28(25)39(29)17-23-10-13-42-23/h3-9,15-16,23,26H,2,10-14,17-18H2,1H3,(H,40,41)/t23-,26+/m0/s1. The van der Waals surface area contributed by atoms with Gasteiger partial charge in [-0.05, 0) is 60.4 Å². The second-order valence-electron chi connectivity index (χ2n) is 11.1. The maximum atomic E-state index is 14.7. The predicted octanol–water partition coefficient (Wildman–Crippen LogP) is 6.22. The first kappa shape index (κ1) is 27.1. The van der Waals surface area contributed by atoms with Crippen molar-refractivity contribution >= 4 is 39.6 Å². The molecular formula is C32H31ClFN5O3. The van der Waals surface area contributed by atoms with Crippen LogP contribution in [0.25, 0.3) is 22.1 Å². The summed E-state index contributed by atoms with van der Waals surface area (Å²) < 4.78 is 24.8. The number of nitrogens with zero attached hydrogens (tertiary/aromatic N) is 5. The van der Waals surface area contributed by atoms with Crippen LogP contribution in [0.15, 0.2) is 54.6 Å². The molecule has 2 atom stereocenters. The predicted molar refractivity (Wildman–Crippen MR) is 158 cm³/mol. The Morgan fingerprint density at radius 3 is 2.69 bits per heavy atom. The Morgan fingerprint density at radius 1 is 1.10 bits per heavy atom. The molecule has 0 spiro atoms. The molecule has 0 aliphatic carbocycles. The first-order valence-electron chi connectivity index (χ1n) is 14.4. The number of imidazole rings is 2. The number of carbonyl (C=O) groups is 1. The third kappa shape index (κ3) is 4.75. The molecule has 1 N–H and O–H groups in total. The monoisotopic (exact) mass is 587 g/mol. The number of para-hydroxylation sites is 1. The second kappa shape index (κ2) is 10.8. The zero-order valence-electron chi connectivity index (χ0n) is 23.3. The van der Waals surface area contributed by atoms with Gasteiger partial charge in [0.15, 0.2) is 0 Å². The molecule has 42 heavy (non-hydrogen) atoms. The average molecular weight is 588 g/mol. The van der Waals surface area contributed by atoms with Gasteiger partial charge in [0.1, 0.15) is 17.5 Å². The number of hydrogen-bond donors (Lipinski definition) is 1. The van der Waals surface area contributed by atoms with Crippen LogP contribution in [0.4, 0.5) is 4.39 Å². The van der Waals surface area contributed by atoms with E-state index in [1.807, 2.05) is 12.1 Å². The minimum absolute atomic E-state index is 0.0639. The molecule has 2 aliphatic rings. The van der Waals surface area contributed by atoms with Crippen LogP contribution in [-0.4, -0.2) is 54.3 Å². The molecule has 0 unspecified atom stereocenters. The van der Waals surface area contributed by atoms with Crippen LogP contribution in [0.5, 0.6) is 0 Å². The van der Waals surface area contributed by atoms with E-state index in [-0.39, 0.29) is 23.5 Å². The molecule has 0 radical (unpaired) electrons. The van der Waals surface area contributed by atoms with Crippen molar-refractivity contribution in [3.05, 3.63) is 93.8 Å². The molecule has 2 aromatic heterocycles. The zero-order valence-corrected chi connectivity index (χ0v) is 24.0. The molecule has 5 aromatic rings. The van der Waals surface area contributed by atoms with E-state index in [4.69, 9.17) is 26.3 Å². The summed E-state index contributed by atoms with van der Waals surface area (Å²) in [7, 11) is 0. The maximum Gasteiger partial charge on any atom is 0.335 e. The second-order valence-corrected chi connectivity index (χ2v) is 11.6. The van der Waals surface area contributed by atoms with Gasteiger partial charge in [-0.25, -0.2) is 19.2 Å². The third-order valence-electron chi connectivity index (χ3n) is 8.62. The van der Waals surface area contributed by atoms with Crippen molar-refractivity contribution in [3.63, 3.8) is 0 Å². The minimum Gasteiger partial charge on any atom is -0.478 e. The third-order valence-corrected chi connectivity index (χ3v) is 8.86. The molecule has 2 aliphatic heterocycles. The van der Waals surface area contributed by atoms with Crippen LogP contribution < -0.4 is 0 Å². The number of rotatable bonds is 8. The SMILES string of the molecule is CC[C@@H]1c2nc3c(Cc4ccc(Cl)cc4F)cccc3n2CCN1Cc1nc2ccc(C(=O)O)cc2n1C[C@@H]1CCO1. The van der Waals surface area contributed by atoms with Crippen LogP contribution in [0, 0.1) is 5.82 Å².